The van der Waals surface area contributed by atoms with Gasteiger partial charge in [0.15, 0.2) is 11.5 Å². The maximum absolute atomic E-state index is 5.94. The Balaban J connectivity index is 1.64. The molecule has 0 aliphatic rings. The molecule has 26 heavy (non-hydrogen) atoms. The number of benzene rings is 2. The molecule has 0 spiro atoms. The van der Waals surface area contributed by atoms with Gasteiger partial charge >= 0.3 is 0 Å². The molecule has 134 valence electrons. The Kier molecular flexibility index (Phi) is 6.63. The normalized spacial score (nSPS) is 10.5. The average Bonchev–Trinajstić information content (AvgIpc) is 2.68. The number of ether oxygens (including phenoxy) is 2. The summed E-state index contributed by atoms with van der Waals surface area (Å²) in [7, 11) is 1.65. The molecule has 1 aromatic heterocycles. The first kappa shape index (κ1) is 18.4. The summed E-state index contributed by atoms with van der Waals surface area (Å²) in [5.74, 6) is 1.41. The van der Waals surface area contributed by atoms with Crippen molar-refractivity contribution < 1.29 is 9.47 Å². The zero-order valence-electron chi connectivity index (χ0n) is 14.6. The number of methoxy groups -OCH3 is 1. The molecule has 0 radical (unpaired) electrons. The van der Waals surface area contributed by atoms with Gasteiger partial charge in [-0.05, 0) is 45.3 Å². The standard InChI is InChI=1S/C21H21BrN2O2/c1-25-20-11-18(14-24-12-16-6-3-2-4-7-16)10-19(22)21(20)26-15-17-8-5-9-23-13-17/h2-11,13,24H,12,14-15H2,1H3. The quantitative estimate of drug-likeness (QED) is 0.580. The molecule has 0 unspecified atom stereocenters. The van der Waals surface area contributed by atoms with Gasteiger partial charge in [0.1, 0.15) is 6.61 Å². The predicted molar refractivity (Wildman–Crippen MR) is 106 cm³/mol. The molecule has 0 aliphatic heterocycles. The first-order valence-electron chi connectivity index (χ1n) is 8.39. The van der Waals surface area contributed by atoms with Crippen LogP contribution >= 0.6 is 15.9 Å². The third kappa shape index (κ3) is 5.07. The number of nitrogens with one attached hydrogen (secondary N) is 1. The lowest BCUT2D eigenvalue weighted by Gasteiger charge is -2.15. The second-order valence-corrected chi connectivity index (χ2v) is 6.70. The highest BCUT2D eigenvalue weighted by molar-refractivity contribution is 9.10. The van der Waals surface area contributed by atoms with E-state index in [1.54, 1.807) is 19.5 Å². The second-order valence-electron chi connectivity index (χ2n) is 5.85. The number of pyridine rings is 1. The summed E-state index contributed by atoms with van der Waals surface area (Å²) in [5, 5.41) is 3.45. The topological polar surface area (TPSA) is 43.4 Å². The molecule has 0 bridgehead atoms. The SMILES string of the molecule is COc1cc(CNCc2ccccc2)cc(Br)c1OCc1cccnc1. The van der Waals surface area contributed by atoms with Gasteiger partial charge in [0.25, 0.3) is 0 Å². The Bertz CT molecular complexity index is 826. The summed E-state index contributed by atoms with van der Waals surface area (Å²) in [6, 6.07) is 18.3. The summed E-state index contributed by atoms with van der Waals surface area (Å²) < 4.78 is 12.3. The monoisotopic (exact) mass is 412 g/mol. The zero-order chi connectivity index (χ0) is 18.2. The van der Waals surface area contributed by atoms with Gasteiger partial charge in [0, 0.05) is 31.0 Å². The number of aromatic nitrogens is 1. The Hall–Kier alpha value is -2.37. The number of hydrogen-bond donors (Lipinski definition) is 1. The molecule has 5 heteroatoms. The van der Waals surface area contributed by atoms with Gasteiger partial charge in [-0.3, -0.25) is 4.98 Å². The van der Waals surface area contributed by atoms with Gasteiger partial charge in [-0.2, -0.15) is 0 Å². The van der Waals surface area contributed by atoms with Crippen molar-refractivity contribution in [1.82, 2.24) is 10.3 Å². The van der Waals surface area contributed by atoms with E-state index in [2.05, 4.69) is 44.4 Å². The lowest BCUT2D eigenvalue weighted by molar-refractivity contribution is 0.282. The van der Waals surface area contributed by atoms with Crippen molar-refractivity contribution in [2.24, 2.45) is 0 Å². The first-order chi connectivity index (χ1) is 12.8. The van der Waals surface area contributed by atoms with E-state index in [1.165, 1.54) is 5.56 Å². The van der Waals surface area contributed by atoms with E-state index < -0.39 is 0 Å². The van der Waals surface area contributed by atoms with Crippen molar-refractivity contribution in [3.05, 3.63) is 88.2 Å². The smallest absolute Gasteiger partial charge is 0.175 e. The molecule has 2 aromatic carbocycles. The molecule has 1 heterocycles. The van der Waals surface area contributed by atoms with Crippen molar-refractivity contribution in [3.63, 3.8) is 0 Å². The highest BCUT2D eigenvalue weighted by atomic mass is 79.9. The van der Waals surface area contributed by atoms with Crippen LogP contribution < -0.4 is 14.8 Å². The van der Waals surface area contributed by atoms with Gasteiger partial charge in [-0.25, -0.2) is 0 Å². The maximum atomic E-state index is 5.94. The molecular formula is C21H21BrN2O2. The van der Waals surface area contributed by atoms with Crippen molar-refractivity contribution in [2.75, 3.05) is 7.11 Å². The van der Waals surface area contributed by atoms with Crippen LogP contribution in [0.5, 0.6) is 11.5 Å². The maximum Gasteiger partial charge on any atom is 0.175 e. The third-order valence-electron chi connectivity index (χ3n) is 3.90. The van der Waals surface area contributed by atoms with Crippen LogP contribution in [0.4, 0.5) is 0 Å². The van der Waals surface area contributed by atoms with E-state index in [0.29, 0.717) is 18.1 Å². The van der Waals surface area contributed by atoms with Crippen molar-refractivity contribution in [2.45, 2.75) is 19.7 Å². The molecule has 4 nitrogen and oxygen atoms in total. The molecule has 1 N–H and O–H groups in total. The van der Waals surface area contributed by atoms with Gasteiger partial charge in [-0.15, -0.1) is 0 Å². The third-order valence-corrected chi connectivity index (χ3v) is 4.49. The minimum atomic E-state index is 0.439. The Morgan fingerprint density at radius 2 is 1.73 bits per heavy atom. The molecular weight excluding hydrogens is 392 g/mol. The lowest BCUT2D eigenvalue weighted by atomic mass is 10.2. The highest BCUT2D eigenvalue weighted by Gasteiger charge is 2.12. The fourth-order valence-corrected chi connectivity index (χ4v) is 3.21. The Morgan fingerprint density at radius 1 is 0.962 bits per heavy atom. The number of hydrogen-bond acceptors (Lipinski definition) is 4. The van der Waals surface area contributed by atoms with Crippen molar-refractivity contribution in [1.29, 1.82) is 0 Å². The Morgan fingerprint density at radius 3 is 2.46 bits per heavy atom. The van der Waals surface area contributed by atoms with Crippen LogP contribution in [0.3, 0.4) is 0 Å². The van der Waals surface area contributed by atoms with Gasteiger partial charge in [0.2, 0.25) is 0 Å². The van der Waals surface area contributed by atoms with Crippen LogP contribution in [0.2, 0.25) is 0 Å². The minimum Gasteiger partial charge on any atom is -0.493 e. The fourth-order valence-electron chi connectivity index (χ4n) is 2.60. The predicted octanol–water partition coefficient (Wildman–Crippen LogP) is 4.72. The van der Waals surface area contributed by atoms with Crippen LogP contribution in [0, 0.1) is 0 Å². The summed E-state index contributed by atoms with van der Waals surface area (Å²) in [4.78, 5) is 4.10. The van der Waals surface area contributed by atoms with E-state index in [4.69, 9.17) is 9.47 Å². The fraction of sp³-hybridized carbons (Fsp3) is 0.190. The van der Waals surface area contributed by atoms with Gasteiger partial charge in [0.05, 0.1) is 11.6 Å². The molecule has 0 atom stereocenters. The van der Waals surface area contributed by atoms with Crippen LogP contribution in [-0.2, 0) is 19.7 Å². The van der Waals surface area contributed by atoms with E-state index in [-0.39, 0.29) is 0 Å². The van der Waals surface area contributed by atoms with Gasteiger partial charge in [-0.1, -0.05) is 36.4 Å². The first-order valence-corrected chi connectivity index (χ1v) is 9.18. The summed E-state index contributed by atoms with van der Waals surface area (Å²) in [5.41, 5.74) is 3.39. The molecule has 3 rings (SSSR count). The summed E-state index contributed by atoms with van der Waals surface area (Å²) in [6.07, 6.45) is 3.54. The lowest BCUT2D eigenvalue weighted by Crippen LogP contribution is -2.12. The second kappa shape index (κ2) is 9.36. The van der Waals surface area contributed by atoms with Crippen LogP contribution in [0.25, 0.3) is 0 Å². The number of nitrogens with zero attached hydrogens (tertiary/aromatic N) is 1. The Labute approximate surface area is 162 Å². The highest BCUT2D eigenvalue weighted by Crippen LogP contribution is 2.37. The van der Waals surface area contributed by atoms with E-state index in [0.717, 1.165) is 28.7 Å². The molecule has 0 saturated heterocycles. The average molecular weight is 413 g/mol. The van der Waals surface area contributed by atoms with E-state index in [9.17, 15) is 0 Å². The van der Waals surface area contributed by atoms with E-state index in [1.807, 2.05) is 36.4 Å². The largest absolute Gasteiger partial charge is 0.493 e. The zero-order valence-corrected chi connectivity index (χ0v) is 16.2. The van der Waals surface area contributed by atoms with Crippen LogP contribution in [0.1, 0.15) is 16.7 Å². The molecule has 0 fully saturated rings. The number of rotatable bonds is 8. The summed E-state index contributed by atoms with van der Waals surface area (Å²) >= 11 is 3.60. The molecule has 0 amide bonds. The molecule has 0 aliphatic carbocycles. The van der Waals surface area contributed by atoms with Crippen LogP contribution in [0.15, 0.2) is 71.5 Å². The van der Waals surface area contributed by atoms with Crippen molar-refractivity contribution in [3.8, 4) is 11.5 Å². The van der Waals surface area contributed by atoms with Gasteiger partial charge < -0.3 is 14.8 Å². The van der Waals surface area contributed by atoms with Crippen LogP contribution in [-0.4, -0.2) is 12.1 Å². The molecule has 0 saturated carbocycles. The minimum absolute atomic E-state index is 0.439. The molecule has 3 aromatic rings. The summed E-state index contributed by atoms with van der Waals surface area (Å²) in [6.45, 7) is 2.00. The van der Waals surface area contributed by atoms with E-state index >= 15 is 0 Å². The van der Waals surface area contributed by atoms with Crippen molar-refractivity contribution >= 4 is 15.9 Å². The number of halogens is 1.